The van der Waals surface area contributed by atoms with Crippen LogP contribution in [0, 0.1) is 6.92 Å². The third kappa shape index (κ3) is 4.64. The number of nitrogens with one attached hydrogen (secondary N) is 1. The maximum absolute atomic E-state index is 3.80. The molecule has 1 aromatic rings. The van der Waals surface area contributed by atoms with Crippen molar-refractivity contribution in [3.05, 3.63) is 46.5 Å². The van der Waals surface area contributed by atoms with Crippen molar-refractivity contribution < 1.29 is 0 Å². The zero-order valence-electron chi connectivity index (χ0n) is 10.8. The van der Waals surface area contributed by atoms with Crippen LogP contribution < -0.4 is 5.32 Å². The second kappa shape index (κ2) is 7.67. The molecule has 1 nitrogen and oxygen atoms in total. The van der Waals surface area contributed by atoms with Gasteiger partial charge in [0, 0.05) is 10.5 Å². The molecule has 0 saturated carbocycles. The van der Waals surface area contributed by atoms with Crippen LogP contribution in [0.1, 0.15) is 43.4 Å². The monoisotopic (exact) mass is 295 g/mol. The lowest BCUT2D eigenvalue weighted by Crippen LogP contribution is -2.22. The first-order valence-corrected chi connectivity index (χ1v) is 7.08. The van der Waals surface area contributed by atoms with Gasteiger partial charge in [-0.15, -0.1) is 6.58 Å². The first kappa shape index (κ1) is 14.5. The number of benzene rings is 1. The molecule has 0 aromatic heterocycles. The topological polar surface area (TPSA) is 12.0 Å². The minimum absolute atomic E-state index is 0.419. The van der Waals surface area contributed by atoms with Gasteiger partial charge in [-0.1, -0.05) is 41.1 Å². The Morgan fingerprint density at radius 2 is 2.24 bits per heavy atom. The minimum atomic E-state index is 0.419. The van der Waals surface area contributed by atoms with Gasteiger partial charge >= 0.3 is 0 Å². The first-order valence-electron chi connectivity index (χ1n) is 6.29. The average molecular weight is 296 g/mol. The van der Waals surface area contributed by atoms with Crippen molar-refractivity contribution in [1.29, 1.82) is 0 Å². The van der Waals surface area contributed by atoms with Crippen LogP contribution in [0.5, 0.6) is 0 Å². The summed E-state index contributed by atoms with van der Waals surface area (Å²) in [7, 11) is 0. The summed E-state index contributed by atoms with van der Waals surface area (Å²) < 4.78 is 1.20. The number of aryl methyl sites for hydroxylation is 1. The predicted molar refractivity (Wildman–Crippen MR) is 79.3 cm³/mol. The van der Waals surface area contributed by atoms with E-state index in [1.54, 1.807) is 0 Å². The van der Waals surface area contributed by atoms with E-state index in [0.717, 1.165) is 25.8 Å². The quantitative estimate of drug-likeness (QED) is 0.715. The van der Waals surface area contributed by atoms with Crippen molar-refractivity contribution in [1.82, 2.24) is 5.32 Å². The highest BCUT2D eigenvalue weighted by molar-refractivity contribution is 9.10. The molecule has 0 amide bonds. The Balaban J connectivity index is 2.82. The second-order valence-electron chi connectivity index (χ2n) is 4.40. The van der Waals surface area contributed by atoms with Crippen LogP contribution in [0.2, 0.25) is 0 Å². The molecule has 1 N–H and O–H groups in total. The van der Waals surface area contributed by atoms with Crippen molar-refractivity contribution >= 4 is 15.9 Å². The van der Waals surface area contributed by atoms with Crippen LogP contribution >= 0.6 is 15.9 Å². The van der Waals surface area contributed by atoms with Gasteiger partial charge in [0.2, 0.25) is 0 Å². The lowest BCUT2D eigenvalue weighted by Gasteiger charge is -2.20. The molecule has 0 saturated heterocycles. The molecule has 0 aliphatic heterocycles. The normalized spacial score (nSPS) is 12.4. The molecular weight excluding hydrogens is 274 g/mol. The van der Waals surface area contributed by atoms with Crippen molar-refractivity contribution in [2.24, 2.45) is 0 Å². The van der Waals surface area contributed by atoms with Gasteiger partial charge in [0.25, 0.3) is 0 Å². The van der Waals surface area contributed by atoms with Crippen molar-refractivity contribution in [2.75, 3.05) is 6.54 Å². The summed E-state index contributed by atoms with van der Waals surface area (Å²) in [5.41, 5.74) is 2.64. The third-order valence-electron chi connectivity index (χ3n) is 2.83. The summed E-state index contributed by atoms with van der Waals surface area (Å²) in [5, 5.41) is 3.60. The van der Waals surface area contributed by atoms with Gasteiger partial charge in [0.1, 0.15) is 0 Å². The molecule has 0 aliphatic rings. The number of allylic oxidation sites excluding steroid dienone is 1. The minimum Gasteiger partial charge on any atom is -0.310 e. The molecule has 0 radical (unpaired) electrons. The van der Waals surface area contributed by atoms with Crippen LogP contribution in [0.15, 0.2) is 35.3 Å². The zero-order valence-corrected chi connectivity index (χ0v) is 12.4. The highest BCUT2D eigenvalue weighted by atomic mass is 79.9. The van der Waals surface area contributed by atoms with Gasteiger partial charge in [-0.3, -0.25) is 0 Å². The molecule has 1 aromatic carbocycles. The molecule has 0 spiro atoms. The van der Waals surface area contributed by atoms with Crippen molar-refractivity contribution in [2.45, 2.75) is 39.2 Å². The van der Waals surface area contributed by atoms with E-state index >= 15 is 0 Å². The number of halogens is 1. The Kier molecular flexibility index (Phi) is 6.53. The van der Waals surface area contributed by atoms with E-state index in [1.807, 2.05) is 6.08 Å². The Hall–Kier alpha value is -0.600. The predicted octanol–water partition coefficient (Wildman–Crippen LogP) is 4.76. The highest BCUT2D eigenvalue weighted by Crippen LogP contribution is 2.27. The molecule has 0 aliphatic carbocycles. The van der Waals surface area contributed by atoms with E-state index in [1.165, 1.54) is 15.6 Å². The van der Waals surface area contributed by atoms with Crippen molar-refractivity contribution in [3.63, 3.8) is 0 Å². The smallest absolute Gasteiger partial charge is 0.0334 e. The summed E-state index contributed by atoms with van der Waals surface area (Å²) in [4.78, 5) is 0. The number of rotatable bonds is 7. The number of hydrogen-bond donors (Lipinski definition) is 1. The lowest BCUT2D eigenvalue weighted by atomic mass is 10.0. The molecule has 0 heterocycles. The van der Waals surface area contributed by atoms with Crippen LogP contribution in [0.3, 0.4) is 0 Å². The zero-order chi connectivity index (χ0) is 12.7. The maximum Gasteiger partial charge on any atom is 0.0334 e. The fourth-order valence-corrected chi connectivity index (χ4v) is 2.65. The summed E-state index contributed by atoms with van der Waals surface area (Å²) in [6.07, 6.45) is 5.30. The SMILES string of the molecule is C=CCCC(NCCC)c1ccc(C)cc1Br. The molecular formula is C15H22BrN. The fraction of sp³-hybridized carbons (Fsp3) is 0.467. The molecule has 94 valence electrons. The molecule has 0 fully saturated rings. The van der Waals surface area contributed by atoms with Gasteiger partial charge in [0.05, 0.1) is 0 Å². The molecule has 1 rings (SSSR count). The average Bonchev–Trinajstić information content (AvgIpc) is 2.30. The molecule has 0 bridgehead atoms. The van der Waals surface area contributed by atoms with Gasteiger partial charge in [-0.25, -0.2) is 0 Å². The van der Waals surface area contributed by atoms with E-state index in [4.69, 9.17) is 0 Å². The standard InChI is InChI=1S/C15H22BrN/c1-4-6-7-15(17-10-5-2)13-9-8-12(3)11-14(13)16/h4,8-9,11,15,17H,1,5-7,10H2,2-3H3. The second-order valence-corrected chi connectivity index (χ2v) is 5.25. The van der Waals surface area contributed by atoms with Crippen LogP contribution in [0.25, 0.3) is 0 Å². The van der Waals surface area contributed by atoms with E-state index in [9.17, 15) is 0 Å². The lowest BCUT2D eigenvalue weighted by molar-refractivity contribution is 0.501. The van der Waals surface area contributed by atoms with Crippen LogP contribution in [-0.2, 0) is 0 Å². The molecule has 1 atom stereocenters. The number of hydrogen-bond acceptors (Lipinski definition) is 1. The third-order valence-corrected chi connectivity index (χ3v) is 3.52. The largest absolute Gasteiger partial charge is 0.310 e. The summed E-state index contributed by atoms with van der Waals surface area (Å²) >= 11 is 3.67. The van der Waals surface area contributed by atoms with E-state index in [-0.39, 0.29) is 0 Å². The van der Waals surface area contributed by atoms with E-state index in [0.29, 0.717) is 6.04 Å². The Morgan fingerprint density at radius 1 is 1.47 bits per heavy atom. The highest BCUT2D eigenvalue weighted by Gasteiger charge is 2.12. The first-order chi connectivity index (χ1) is 8.19. The fourth-order valence-electron chi connectivity index (χ4n) is 1.89. The van der Waals surface area contributed by atoms with E-state index < -0.39 is 0 Å². The Morgan fingerprint density at radius 3 is 2.82 bits per heavy atom. The van der Waals surface area contributed by atoms with Crippen LogP contribution in [0.4, 0.5) is 0 Å². The molecule has 17 heavy (non-hydrogen) atoms. The molecule has 1 unspecified atom stereocenters. The summed E-state index contributed by atoms with van der Waals surface area (Å²) in [6, 6.07) is 7.00. The summed E-state index contributed by atoms with van der Waals surface area (Å²) in [6.45, 7) is 9.18. The van der Waals surface area contributed by atoms with Gasteiger partial charge in [-0.2, -0.15) is 0 Å². The van der Waals surface area contributed by atoms with Crippen LogP contribution in [-0.4, -0.2) is 6.54 Å². The van der Waals surface area contributed by atoms with Gasteiger partial charge < -0.3 is 5.32 Å². The van der Waals surface area contributed by atoms with Gasteiger partial charge in [0.15, 0.2) is 0 Å². The molecule has 2 heteroatoms. The summed E-state index contributed by atoms with van der Waals surface area (Å²) in [5.74, 6) is 0. The van der Waals surface area contributed by atoms with Crippen molar-refractivity contribution in [3.8, 4) is 0 Å². The van der Waals surface area contributed by atoms with E-state index in [2.05, 4.69) is 59.9 Å². The van der Waals surface area contributed by atoms with Gasteiger partial charge in [-0.05, 0) is 49.9 Å². The Bertz CT molecular complexity index is 360. The Labute approximate surface area is 113 Å². The maximum atomic E-state index is 3.80.